The second-order valence-electron chi connectivity index (χ2n) is 6.65. The number of nitrogens with one attached hydrogen (secondary N) is 1. The van der Waals surface area contributed by atoms with Crippen molar-refractivity contribution in [2.45, 2.75) is 19.0 Å². The molecule has 2 aromatic heterocycles. The van der Waals surface area contributed by atoms with Crippen LogP contribution in [-0.2, 0) is 6.54 Å². The number of benzene rings is 1. The maximum absolute atomic E-state index is 12.3. The van der Waals surface area contributed by atoms with E-state index in [1.54, 1.807) is 15.3 Å². The largest absolute Gasteiger partial charge is 0.350 e. The maximum Gasteiger partial charge on any atom is 0.350 e. The molecule has 0 spiro atoms. The zero-order chi connectivity index (χ0) is 17.9. The maximum atomic E-state index is 12.3. The van der Waals surface area contributed by atoms with Gasteiger partial charge in [0, 0.05) is 50.0 Å². The molecule has 136 valence electrons. The molecule has 1 unspecified atom stereocenters. The Morgan fingerprint density at radius 2 is 2.12 bits per heavy atom. The zero-order valence-electron chi connectivity index (χ0n) is 14.5. The zero-order valence-corrected chi connectivity index (χ0v) is 15.3. The summed E-state index contributed by atoms with van der Waals surface area (Å²) in [5.74, 6) is 0. The van der Waals surface area contributed by atoms with Crippen LogP contribution in [0.25, 0.3) is 5.65 Å². The number of hydrogen-bond acceptors (Lipinski definition) is 4. The standard InChI is InChI=1S/C19H22ClN5O/c20-16-6-3-5-15(13-16)17-14-23(12-8-21-17)9-4-11-25-19(26)24-10-2-1-7-18(24)22-25/h1-3,5-7,10,13,17,21H,4,8-9,11-12,14H2. The summed E-state index contributed by atoms with van der Waals surface area (Å²) in [5.41, 5.74) is 1.84. The Hall–Kier alpha value is -2.15. The van der Waals surface area contributed by atoms with Gasteiger partial charge in [-0.15, -0.1) is 5.10 Å². The minimum absolute atomic E-state index is 0.0716. The Morgan fingerprint density at radius 1 is 1.19 bits per heavy atom. The van der Waals surface area contributed by atoms with Gasteiger partial charge in [0.1, 0.15) is 0 Å². The van der Waals surface area contributed by atoms with Crippen molar-refractivity contribution in [3.05, 3.63) is 69.7 Å². The van der Waals surface area contributed by atoms with Gasteiger partial charge in [-0.05, 0) is 36.2 Å². The van der Waals surface area contributed by atoms with E-state index in [2.05, 4.69) is 21.4 Å². The first kappa shape index (κ1) is 17.3. The summed E-state index contributed by atoms with van der Waals surface area (Å²) in [6, 6.07) is 13.9. The van der Waals surface area contributed by atoms with Gasteiger partial charge in [-0.1, -0.05) is 29.8 Å². The molecule has 1 N–H and O–H groups in total. The summed E-state index contributed by atoms with van der Waals surface area (Å²) in [4.78, 5) is 14.7. The van der Waals surface area contributed by atoms with Gasteiger partial charge >= 0.3 is 5.69 Å². The fourth-order valence-corrected chi connectivity index (χ4v) is 3.72. The summed E-state index contributed by atoms with van der Waals surface area (Å²) in [5, 5.41) is 8.72. The average molecular weight is 372 g/mol. The molecule has 0 amide bonds. The number of nitrogens with zero attached hydrogens (tertiary/aromatic N) is 4. The molecule has 4 rings (SSSR count). The van der Waals surface area contributed by atoms with Crippen LogP contribution in [-0.4, -0.2) is 45.3 Å². The minimum atomic E-state index is -0.0716. The van der Waals surface area contributed by atoms with Crippen molar-refractivity contribution < 1.29 is 0 Å². The summed E-state index contributed by atoms with van der Waals surface area (Å²) in [6.07, 6.45) is 2.65. The number of aryl methyl sites for hydroxylation is 1. The number of fused-ring (bicyclic) bond motifs is 1. The molecule has 0 radical (unpaired) electrons. The topological polar surface area (TPSA) is 54.6 Å². The molecule has 7 heteroatoms. The summed E-state index contributed by atoms with van der Waals surface area (Å²) in [7, 11) is 0. The number of pyridine rings is 1. The molecule has 6 nitrogen and oxygen atoms in total. The minimum Gasteiger partial charge on any atom is -0.308 e. The molecule has 1 aliphatic rings. The van der Waals surface area contributed by atoms with E-state index in [1.807, 2.05) is 36.4 Å². The van der Waals surface area contributed by atoms with E-state index in [0.717, 1.165) is 37.6 Å². The molecule has 0 saturated carbocycles. The van der Waals surface area contributed by atoms with Gasteiger partial charge in [-0.25, -0.2) is 9.48 Å². The lowest BCUT2D eigenvalue weighted by atomic mass is 10.0. The Kier molecular flexibility index (Phi) is 5.06. The Labute approximate surface area is 157 Å². The molecule has 1 fully saturated rings. The van der Waals surface area contributed by atoms with Gasteiger partial charge < -0.3 is 10.2 Å². The predicted octanol–water partition coefficient (Wildman–Crippen LogP) is 2.19. The molecule has 3 heterocycles. The molecule has 0 bridgehead atoms. The first-order valence-electron chi connectivity index (χ1n) is 8.96. The quantitative estimate of drug-likeness (QED) is 0.747. The van der Waals surface area contributed by atoms with Crippen LogP contribution < -0.4 is 11.0 Å². The van der Waals surface area contributed by atoms with E-state index < -0.39 is 0 Å². The second-order valence-corrected chi connectivity index (χ2v) is 7.09. The van der Waals surface area contributed by atoms with Crippen molar-refractivity contribution >= 4 is 17.2 Å². The molecule has 1 saturated heterocycles. The third-order valence-corrected chi connectivity index (χ3v) is 5.08. The molecular weight excluding hydrogens is 350 g/mol. The highest BCUT2D eigenvalue weighted by Gasteiger charge is 2.20. The SMILES string of the molecule is O=c1n(CCCN2CCNC(c3cccc(Cl)c3)C2)nc2ccccn12. The van der Waals surface area contributed by atoms with E-state index in [-0.39, 0.29) is 5.69 Å². The van der Waals surface area contributed by atoms with Gasteiger partial charge in [0.25, 0.3) is 0 Å². The molecule has 3 aromatic rings. The number of piperazine rings is 1. The summed E-state index contributed by atoms with van der Waals surface area (Å²) < 4.78 is 3.14. The monoisotopic (exact) mass is 371 g/mol. The molecule has 1 aromatic carbocycles. The van der Waals surface area contributed by atoms with Crippen molar-refractivity contribution in [3.63, 3.8) is 0 Å². The summed E-state index contributed by atoms with van der Waals surface area (Å²) in [6.45, 7) is 4.48. The third-order valence-electron chi connectivity index (χ3n) is 4.84. The van der Waals surface area contributed by atoms with Gasteiger partial charge in [0.15, 0.2) is 5.65 Å². The van der Waals surface area contributed by atoms with Crippen molar-refractivity contribution in [1.82, 2.24) is 24.4 Å². The lowest BCUT2D eigenvalue weighted by Gasteiger charge is -2.34. The van der Waals surface area contributed by atoms with Gasteiger partial charge in [0.05, 0.1) is 0 Å². The van der Waals surface area contributed by atoms with Crippen molar-refractivity contribution in [2.75, 3.05) is 26.2 Å². The first-order chi connectivity index (χ1) is 12.7. The average Bonchev–Trinajstić information content (AvgIpc) is 2.98. The van der Waals surface area contributed by atoms with Crippen LogP contribution in [0.15, 0.2) is 53.5 Å². The molecule has 26 heavy (non-hydrogen) atoms. The van der Waals surface area contributed by atoms with E-state index in [9.17, 15) is 4.79 Å². The van der Waals surface area contributed by atoms with Crippen LogP contribution >= 0.6 is 11.6 Å². The summed E-state index contributed by atoms with van der Waals surface area (Å²) >= 11 is 6.12. The fraction of sp³-hybridized carbons (Fsp3) is 0.368. The van der Waals surface area contributed by atoms with Crippen molar-refractivity contribution in [2.24, 2.45) is 0 Å². The normalized spacial score (nSPS) is 18.4. The van der Waals surface area contributed by atoms with Crippen molar-refractivity contribution in [1.29, 1.82) is 0 Å². The van der Waals surface area contributed by atoms with Crippen LogP contribution in [0.4, 0.5) is 0 Å². The van der Waals surface area contributed by atoms with E-state index >= 15 is 0 Å². The van der Waals surface area contributed by atoms with E-state index in [0.29, 0.717) is 18.2 Å². The number of halogens is 1. The molecular formula is C19H22ClN5O. The van der Waals surface area contributed by atoms with Gasteiger partial charge in [0.2, 0.25) is 0 Å². The molecule has 1 atom stereocenters. The van der Waals surface area contributed by atoms with Crippen LogP contribution in [0.1, 0.15) is 18.0 Å². The van der Waals surface area contributed by atoms with Crippen LogP contribution in [0, 0.1) is 0 Å². The van der Waals surface area contributed by atoms with Crippen LogP contribution in [0.3, 0.4) is 0 Å². The van der Waals surface area contributed by atoms with Gasteiger partial charge in [-0.3, -0.25) is 4.40 Å². The van der Waals surface area contributed by atoms with Crippen LogP contribution in [0.5, 0.6) is 0 Å². The lowest BCUT2D eigenvalue weighted by Crippen LogP contribution is -2.46. The first-order valence-corrected chi connectivity index (χ1v) is 9.34. The van der Waals surface area contributed by atoms with E-state index in [1.165, 1.54) is 5.56 Å². The smallest absolute Gasteiger partial charge is 0.308 e. The lowest BCUT2D eigenvalue weighted by molar-refractivity contribution is 0.195. The van der Waals surface area contributed by atoms with Gasteiger partial charge in [-0.2, -0.15) is 0 Å². The number of aromatic nitrogens is 3. The van der Waals surface area contributed by atoms with Crippen LogP contribution in [0.2, 0.25) is 5.02 Å². The third kappa shape index (κ3) is 3.67. The Morgan fingerprint density at radius 3 is 2.96 bits per heavy atom. The Bertz CT molecular complexity index is 950. The van der Waals surface area contributed by atoms with Crippen molar-refractivity contribution in [3.8, 4) is 0 Å². The molecule has 1 aliphatic heterocycles. The number of rotatable bonds is 5. The highest BCUT2D eigenvalue weighted by molar-refractivity contribution is 6.30. The second kappa shape index (κ2) is 7.61. The number of hydrogen-bond donors (Lipinski definition) is 1. The Balaban J connectivity index is 1.35. The highest BCUT2D eigenvalue weighted by Crippen LogP contribution is 2.20. The molecule has 0 aliphatic carbocycles. The predicted molar refractivity (Wildman–Crippen MR) is 103 cm³/mol. The highest BCUT2D eigenvalue weighted by atomic mass is 35.5. The fourth-order valence-electron chi connectivity index (χ4n) is 3.52. The van der Waals surface area contributed by atoms with E-state index in [4.69, 9.17) is 11.6 Å².